The van der Waals surface area contributed by atoms with Crippen LogP contribution in [-0.4, -0.2) is 45.8 Å². The Morgan fingerprint density at radius 3 is 1.20 bits per heavy atom. The van der Waals surface area contributed by atoms with Crippen molar-refractivity contribution in [1.82, 2.24) is 10.0 Å². The average Bonchev–Trinajstić information content (AvgIpc) is 2.37. The van der Waals surface area contributed by atoms with Gasteiger partial charge >= 0.3 is 0 Å². The number of piperidine rings is 4. The Labute approximate surface area is 120 Å². The van der Waals surface area contributed by atoms with Crippen LogP contribution < -0.4 is 0 Å². The summed E-state index contributed by atoms with van der Waals surface area (Å²) in [6.45, 7) is 0. The number of ketones is 2. The fraction of sp³-hybridized carbons (Fsp3) is 0.875. The molecule has 0 spiro atoms. The molecule has 0 aromatic heterocycles. The van der Waals surface area contributed by atoms with Crippen molar-refractivity contribution in [3.05, 3.63) is 0 Å². The molecular weight excluding hydrogens is 252 g/mol. The number of Topliss-reactive ketones (excluding diaryl/α,β-unsaturated/α-hetero) is 2. The van der Waals surface area contributed by atoms with Crippen LogP contribution in [0.1, 0.15) is 64.2 Å². The Morgan fingerprint density at radius 2 is 0.900 bits per heavy atom. The predicted octanol–water partition coefficient (Wildman–Crippen LogP) is 2.07. The normalized spacial score (nSPS) is 42.8. The minimum absolute atomic E-state index is 0.423. The topological polar surface area (TPSA) is 40.6 Å². The van der Waals surface area contributed by atoms with E-state index in [9.17, 15) is 9.59 Å². The minimum atomic E-state index is 0.423. The van der Waals surface area contributed by atoms with Crippen LogP contribution in [0.3, 0.4) is 0 Å². The molecule has 0 radical (unpaired) electrons. The zero-order valence-corrected chi connectivity index (χ0v) is 12.1. The minimum Gasteiger partial charge on any atom is -0.300 e. The SMILES string of the molecule is O=C1CC2CCCC(C1)N2N1C2CCCC1CC(=O)C2. The van der Waals surface area contributed by atoms with Gasteiger partial charge in [0.15, 0.2) is 0 Å². The summed E-state index contributed by atoms with van der Waals surface area (Å²) in [6.07, 6.45) is 10.1. The highest BCUT2D eigenvalue weighted by molar-refractivity contribution is 5.81. The van der Waals surface area contributed by atoms with Crippen molar-refractivity contribution < 1.29 is 9.59 Å². The summed E-state index contributed by atoms with van der Waals surface area (Å²) in [5.74, 6) is 0.906. The van der Waals surface area contributed by atoms with Gasteiger partial charge in [-0.25, -0.2) is 10.0 Å². The van der Waals surface area contributed by atoms with E-state index in [1.54, 1.807) is 0 Å². The summed E-state index contributed by atoms with van der Waals surface area (Å²) in [6, 6.07) is 1.69. The molecule has 20 heavy (non-hydrogen) atoms. The number of fused-ring (bicyclic) bond motifs is 5. The van der Waals surface area contributed by atoms with E-state index in [1.165, 1.54) is 12.8 Å². The summed E-state index contributed by atoms with van der Waals surface area (Å²) in [7, 11) is 0. The highest BCUT2D eigenvalue weighted by Crippen LogP contribution is 2.41. The zero-order chi connectivity index (χ0) is 13.7. The van der Waals surface area contributed by atoms with E-state index in [4.69, 9.17) is 0 Å². The van der Waals surface area contributed by atoms with Crippen molar-refractivity contribution in [2.75, 3.05) is 0 Å². The van der Waals surface area contributed by atoms with E-state index in [2.05, 4.69) is 10.0 Å². The quantitative estimate of drug-likeness (QED) is 0.735. The van der Waals surface area contributed by atoms with E-state index in [0.29, 0.717) is 35.7 Å². The van der Waals surface area contributed by atoms with Crippen LogP contribution in [-0.2, 0) is 9.59 Å². The molecule has 0 aromatic carbocycles. The molecule has 4 saturated heterocycles. The summed E-state index contributed by atoms with van der Waals surface area (Å²) >= 11 is 0. The monoisotopic (exact) mass is 276 g/mol. The fourth-order valence-corrected chi connectivity index (χ4v) is 5.06. The maximum atomic E-state index is 11.9. The van der Waals surface area contributed by atoms with Crippen molar-refractivity contribution in [1.29, 1.82) is 0 Å². The third kappa shape index (κ3) is 2.04. The lowest BCUT2D eigenvalue weighted by Crippen LogP contribution is -2.67. The molecule has 4 aliphatic heterocycles. The highest BCUT2D eigenvalue weighted by Gasteiger charge is 2.48. The third-order valence-electron chi connectivity index (χ3n) is 5.77. The molecular formula is C16H24N2O2. The number of nitrogens with zero attached hydrogens (tertiary/aromatic N) is 2. The molecule has 4 nitrogen and oxygen atoms in total. The maximum absolute atomic E-state index is 11.9. The van der Waals surface area contributed by atoms with E-state index in [0.717, 1.165) is 51.4 Å². The van der Waals surface area contributed by atoms with Crippen molar-refractivity contribution >= 4 is 11.6 Å². The Morgan fingerprint density at radius 1 is 0.600 bits per heavy atom. The Balaban J connectivity index is 1.62. The number of carbonyl (C=O) groups excluding carboxylic acids is 2. The van der Waals surface area contributed by atoms with Crippen LogP contribution in [0.25, 0.3) is 0 Å². The predicted molar refractivity (Wildman–Crippen MR) is 75.0 cm³/mol. The van der Waals surface area contributed by atoms with Gasteiger partial charge in [0.1, 0.15) is 11.6 Å². The van der Waals surface area contributed by atoms with Gasteiger partial charge in [0.2, 0.25) is 0 Å². The van der Waals surface area contributed by atoms with Crippen LogP contribution in [0.4, 0.5) is 0 Å². The molecule has 4 unspecified atom stereocenters. The molecule has 4 fully saturated rings. The van der Waals surface area contributed by atoms with Gasteiger partial charge in [-0.15, -0.1) is 0 Å². The molecule has 4 heteroatoms. The highest BCUT2D eigenvalue weighted by atomic mass is 16.1. The molecule has 4 aliphatic rings. The molecule has 110 valence electrons. The second-order valence-corrected chi connectivity index (χ2v) is 7.13. The molecule has 0 N–H and O–H groups in total. The fourth-order valence-electron chi connectivity index (χ4n) is 5.06. The van der Waals surface area contributed by atoms with Gasteiger partial charge in [0.05, 0.1) is 0 Å². The summed E-state index contributed by atoms with van der Waals surface area (Å²) in [4.78, 5) is 23.8. The van der Waals surface area contributed by atoms with Crippen molar-refractivity contribution in [3.63, 3.8) is 0 Å². The number of hydrogen-bond acceptors (Lipinski definition) is 4. The number of hydrazine groups is 1. The zero-order valence-electron chi connectivity index (χ0n) is 12.1. The molecule has 4 rings (SSSR count). The maximum Gasteiger partial charge on any atom is 0.136 e. The first-order valence-electron chi connectivity index (χ1n) is 8.32. The van der Waals surface area contributed by atoms with E-state index < -0.39 is 0 Å². The van der Waals surface area contributed by atoms with Crippen molar-refractivity contribution in [2.45, 2.75) is 88.4 Å². The van der Waals surface area contributed by atoms with E-state index in [-0.39, 0.29) is 0 Å². The summed E-state index contributed by atoms with van der Waals surface area (Å²) in [5, 5.41) is 5.15. The molecule has 0 saturated carbocycles. The van der Waals surface area contributed by atoms with Gasteiger partial charge < -0.3 is 0 Å². The molecule has 0 amide bonds. The first-order valence-corrected chi connectivity index (χ1v) is 8.32. The summed E-state index contributed by atoms with van der Waals surface area (Å²) in [5.41, 5.74) is 0. The van der Waals surface area contributed by atoms with Crippen LogP contribution in [0.15, 0.2) is 0 Å². The van der Waals surface area contributed by atoms with Gasteiger partial charge in [-0.2, -0.15) is 0 Å². The average molecular weight is 276 g/mol. The number of hydrogen-bond donors (Lipinski definition) is 0. The van der Waals surface area contributed by atoms with E-state index in [1.807, 2.05) is 0 Å². The van der Waals surface area contributed by atoms with Gasteiger partial charge in [-0.3, -0.25) is 9.59 Å². The second kappa shape index (κ2) is 4.92. The van der Waals surface area contributed by atoms with Gasteiger partial charge in [-0.05, 0) is 25.7 Å². The van der Waals surface area contributed by atoms with Crippen LogP contribution in [0, 0.1) is 0 Å². The first kappa shape index (κ1) is 13.0. The second-order valence-electron chi connectivity index (χ2n) is 7.13. The lowest BCUT2D eigenvalue weighted by molar-refractivity contribution is -0.202. The third-order valence-corrected chi connectivity index (χ3v) is 5.77. The van der Waals surface area contributed by atoms with Gasteiger partial charge in [0, 0.05) is 49.9 Å². The van der Waals surface area contributed by atoms with Crippen LogP contribution >= 0.6 is 0 Å². The Bertz CT molecular complexity index is 364. The van der Waals surface area contributed by atoms with Crippen LogP contribution in [0.5, 0.6) is 0 Å². The van der Waals surface area contributed by atoms with Crippen LogP contribution in [0.2, 0.25) is 0 Å². The van der Waals surface area contributed by atoms with E-state index >= 15 is 0 Å². The Kier molecular flexibility index (Phi) is 3.19. The number of carbonyl (C=O) groups is 2. The standard InChI is InChI=1S/C16H24N2O2/c19-15-7-11-3-1-4-12(8-15)17(11)18-13-5-2-6-14(18)10-16(20)9-13/h11-14H,1-10H2. The smallest absolute Gasteiger partial charge is 0.136 e. The van der Waals surface area contributed by atoms with Gasteiger partial charge in [-0.1, -0.05) is 12.8 Å². The first-order chi connectivity index (χ1) is 9.72. The van der Waals surface area contributed by atoms with Crippen molar-refractivity contribution in [2.24, 2.45) is 0 Å². The largest absolute Gasteiger partial charge is 0.300 e. The molecule has 4 bridgehead atoms. The van der Waals surface area contributed by atoms with Crippen molar-refractivity contribution in [3.8, 4) is 0 Å². The number of rotatable bonds is 1. The molecule has 4 heterocycles. The molecule has 0 aliphatic carbocycles. The lowest BCUT2D eigenvalue weighted by atomic mass is 9.81. The summed E-state index contributed by atoms with van der Waals surface area (Å²) < 4.78 is 0. The molecule has 4 atom stereocenters. The van der Waals surface area contributed by atoms with Gasteiger partial charge in [0.25, 0.3) is 0 Å². The molecule has 0 aromatic rings. The Hall–Kier alpha value is -0.740. The lowest BCUT2D eigenvalue weighted by Gasteiger charge is -2.58.